The van der Waals surface area contributed by atoms with Gasteiger partial charge in [-0.15, -0.1) is 0 Å². The van der Waals surface area contributed by atoms with Gasteiger partial charge in [-0.3, -0.25) is 0 Å². The fourth-order valence-corrected chi connectivity index (χ4v) is 3.39. The quantitative estimate of drug-likeness (QED) is 0.682. The lowest BCUT2D eigenvalue weighted by Gasteiger charge is -2.41. The highest BCUT2D eigenvalue weighted by molar-refractivity contribution is 5.89. The van der Waals surface area contributed by atoms with Crippen molar-refractivity contribution in [3.8, 4) is 5.75 Å². The molecule has 4 nitrogen and oxygen atoms in total. The summed E-state index contributed by atoms with van der Waals surface area (Å²) in [5.74, 6) is 0.455. The zero-order chi connectivity index (χ0) is 19.0. The second-order valence-electron chi connectivity index (χ2n) is 6.71. The molecule has 1 aromatic heterocycles. The topological polar surface area (TPSA) is 38.2 Å². The summed E-state index contributed by atoms with van der Waals surface area (Å²) in [7, 11) is 1.63. The van der Waals surface area contributed by atoms with Crippen LogP contribution in [0.2, 0.25) is 0 Å². The van der Waals surface area contributed by atoms with Crippen LogP contribution < -0.4 is 9.64 Å². The highest BCUT2D eigenvalue weighted by atomic mass is 19.4. The summed E-state index contributed by atoms with van der Waals surface area (Å²) >= 11 is 0. The molecule has 2 aromatic carbocycles. The van der Waals surface area contributed by atoms with Gasteiger partial charge in [-0.2, -0.15) is 13.2 Å². The predicted molar refractivity (Wildman–Crippen MR) is 96.9 cm³/mol. The normalized spacial score (nSPS) is 15.0. The number of nitrogens with zero attached hydrogens (tertiary/aromatic N) is 3. The van der Waals surface area contributed by atoms with Gasteiger partial charge >= 0.3 is 6.18 Å². The Morgan fingerprint density at radius 2 is 1.74 bits per heavy atom. The Kier molecular flexibility index (Phi) is 4.37. The summed E-state index contributed by atoms with van der Waals surface area (Å²) in [4.78, 5) is 9.40. The standard InChI is InChI=1S/C20H18F3N3O/c1-27-15-8-6-13(7-9-15)10-14-11-26(12-14)18-16-4-2-3-5-17(16)24-19(25-18)20(21,22)23/h2-9,14H,10-12H2,1H3. The van der Waals surface area contributed by atoms with E-state index < -0.39 is 12.0 Å². The molecule has 0 amide bonds. The Balaban J connectivity index is 1.53. The van der Waals surface area contributed by atoms with Gasteiger partial charge in [0.25, 0.3) is 0 Å². The van der Waals surface area contributed by atoms with E-state index in [2.05, 4.69) is 9.97 Å². The Hall–Kier alpha value is -2.83. The van der Waals surface area contributed by atoms with E-state index in [4.69, 9.17) is 4.74 Å². The van der Waals surface area contributed by atoms with Crippen molar-refractivity contribution < 1.29 is 17.9 Å². The predicted octanol–water partition coefficient (Wildman–Crippen LogP) is 4.34. The van der Waals surface area contributed by atoms with Gasteiger partial charge in [0.2, 0.25) is 5.82 Å². The maximum absolute atomic E-state index is 13.2. The van der Waals surface area contributed by atoms with Gasteiger partial charge < -0.3 is 9.64 Å². The van der Waals surface area contributed by atoms with Crippen LogP contribution in [0.25, 0.3) is 10.9 Å². The number of rotatable bonds is 4. The Labute approximate surface area is 154 Å². The van der Waals surface area contributed by atoms with Crippen molar-refractivity contribution in [3.05, 3.63) is 59.9 Å². The first-order chi connectivity index (χ1) is 12.9. The second-order valence-corrected chi connectivity index (χ2v) is 6.71. The SMILES string of the molecule is COc1ccc(CC2CN(c3nc(C(F)(F)F)nc4ccccc34)C2)cc1. The number of hydrogen-bond donors (Lipinski definition) is 0. The molecule has 0 spiro atoms. The van der Waals surface area contributed by atoms with Crippen molar-refractivity contribution in [2.75, 3.05) is 25.1 Å². The van der Waals surface area contributed by atoms with E-state index in [1.54, 1.807) is 31.4 Å². The zero-order valence-corrected chi connectivity index (χ0v) is 14.7. The van der Waals surface area contributed by atoms with Crippen molar-refractivity contribution in [2.45, 2.75) is 12.6 Å². The number of methoxy groups -OCH3 is 1. The fourth-order valence-electron chi connectivity index (χ4n) is 3.39. The summed E-state index contributed by atoms with van der Waals surface area (Å²) in [6.45, 7) is 1.34. The van der Waals surface area contributed by atoms with Crippen LogP contribution in [0.1, 0.15) is 11.4 Å². The van der Waals surface area contributed by atoms with Crippen LogP contribution >= 0.6 is 0 Å². The summed E-state index contributed by atoms with van der Waals surface area (Å²) in [5, 5.41) is 0.647. The molecule has 0 saturated carbocycles. The molecule has 2 heterocycles. The first-order valence-electron chi connectivity index (χ1n) is 8.66. The Morgan fingerprint density at radius 3 is 2.41 bits per heavy atom. The maximum atomic E-state index is 13.2. The number of fused-ring (bicyclic) bond motifs is 1. The molecule has 7 heteroatoms. The van der Waals surface area contributed by atoms with Crippen LogP contribution in [0.3, 0.4) is 0 Å². The third-order valence-corrected chi connectivity index (χ3v) is 4.78. The molecule has 0 bridgehead atoms. The van der Waals surface area contributed by atoms with Gasteiger partial charge in [0, 0.05) is 18.5 Å². The Bertz CT molecular complexity index is 951. The van der Waals surface area contributed by atoms with E-state index in [1.807, 2.05) is 29.2 Å². The average Bonchev–Trinajstić information content (AvgIpc) is 2.63. The number of hydrogen-bond acceptors (Lipinski definition) is 4. The summed E-state index contributed by atoms with van der Waals surface area (Å²) in [5.41, 5.74) is 1.50. The first-order valence-corrected chi connectivity index (χ1v) is 8.66. The van der Waals surface area contributed by atoms with Crippen molar-refractivity contribution in [2.24, 2.45) is 5.92 Å². The summed E-state index contributed by atoms with van der Waals surface area (Å²) in [6, 6.07) is 14.7. The van der Waals surface area contributed by atoms with E-state index in [9.17, 15) is 13.2 Å². The molecule has 27 heavy (non-hydrogen) atoms. The number of alkyl halides is 3. The molecule has 0 radical (unpaired) electrons. The lowest BCUT2D eigenvalue weighted by atomic mass is 9.92. The number of para-hydroxylation sites is 1. The number of anilines is 1. The lowest BCUT2D eigenvalue weighted by molar-refractivity contribution is -0.144. The highest BCUT2D eigenvalue weighted by Crippen LogP contribution is 2.35. The van der Waals surface area contributed by atoms with Crippen LogP contribution in [0.15, 0.2) is 48.5 Å². The summed E-state index contributed by atoms with van der Waals surface area (Å²) in [6.07, 6.45) is -3.69. The third kappa shape index (κ3) is 3.54. The highest BCUT2D eigenvalue weighted by Gasteiger charge is 2.37. The minimum atomic E-state index is -4.56. The number of ether oxygens (including phenoxy) is 1. The molecule has 3 aromatic rings. The Morgan fingerprint density at radius 1 is 1.04 bits per heavy atom. The van der Waals surface area contributed by atoms with Crippen LogP contribution in [0.5, 0.6) is 5.75 Å². The van der Waals surface area contributed by atoms with Gasteiger partial charge in [-0.25, -0.2) is 9.97 Å². The number of aromatic nitrogens is 2. The second kappa shape index (κ2) is 6.72. The summed E-state index contributed by atoms with van der Waals surface area (Å²) < 4.78 is 44.6. The van der Waals surface area contributed by atoms with Gasteiger partial charge in [0.15, 0.2) is 0 Å². The van der Waals surface area contributed by atoms with Crippen LogP contribution in [-0.4, -0.2) is 30.2 Å². The molecular weight excluding hydrogens is 355 g/mol. The molecule has 1 aliphatic heterocycles. The monoisotopic (exact) mass is 373 g/mol. The van der Waals surface area contributed by atoms with Gasteiger partial charge in [0.1, 0.15) is 11.6 Å². The molecule has 1 saturated heterocycles. The first kappa shape index (κ1) is 17.6. The minimum absolute atomic E-state index is 0.313. The molecule has 1 fully saturated rings. The van der Waals surface area contributed by atoms with Crippen molar-refractivity contribution in [1.82, 2.24) is 9.97 Å². The van der Waals surface area contributed by atoms with E-state index in [1.165, 1.54) is 5.56 Å². The van der Waals surface area contributed by atoms with Gasteiger partial charge in [-0.1, -0.05) is 24.3 Å². The van der Waals surface area contributed by atoms with Crippen LogP contribution in [0, 0.1) is 5.92 Å². The van der Waals surface area contributed by atoms with E-state index >= 15 is 0 Å². The molecule has 0 atom stereocenters. The van der Waals surface area contributed by atoms with Crippen molar-refractivity contribution in [3.63, 3.8) is 0 Å². The van der Waals surface area contributed by atoms with Gasteiger partial charge in [0.05, 0.1) is 12.6 Å². The fraction of sp³-hybridized carbons (Fsp3) is 0.300. The molecule has 0 N–H and O–H groups in total. The average molecular weight is 373 g/mol. The van der Waals surface area contributed by atoms with Crippen molar-refractivity contribution in [1.29, 1.82) is 0 Å². The van der Waals surface area contributed by atoms with E-state index in [-0.39, 0.29) is 0 Å². The zero-order valence-electron chi connectivity index (χ0n) is 14.7. The smallest absolute Gasteiger partial charge is 0.451 e. The van der Waals surface area contributed by atoms with E-state index in [0.29, 0.717) is 35.7 Å². The molecule has 1 aliphatic rings. The third-order valence-electron chi connectivity index (χ3n) is 4.78. The largest absolute Gasteiger partial charge is 0.497 e. The number of halogens is 3. The molecule has 4 rings (SSSR count). The van der Waals surface area contributed by atoms with Crippen molar-refractivity contribution >= 4 is 16.7 Å². The molecular formula is C20H18F3N3O. The minimum Gasteiger partial charge on any atom is -0.497 e. The van der Waals surface area contributed by atoms with Gasteiger partial charge in [-0.05, 0) is 42.2 Å². The molecule has 0 aliphatic carbocycles. The number of benzene rings is 2. The molecule has 140 valence electrons. The van der Waals surface area contributed by atoms with Crippen LogP contribution in [0.4, 0.5) is 19.0 Å². The van der Waals surface area contributed by atoms with E-state index in [0.717, 1.165) is 12.2 Å². The lowest BCUT2D eigenvalue weighted by Crippen LogP contribution is -2.48. The van der Waals surface area contributed by atoms with Crippen LogP contribution in [-0.2, 0) is 12.6 Å². The maximum Gasteiger partial charge on any atom is 0.451 e. The molecule has 0 unspecified atom stereocenters.